The number of carbonyl (C=O) groups excluding carboxylic acids is 1. The number of hydrogen-bond acceptors (Lipinski definition) is 4. The molecule has 4 rings (SSSR count). The number of benzene rings is 2. The van der Waals surface area contributed by atoms with E-state index in [1.54, 1.807) is 0 Å². The molecule has 0 atom stereocenters. The minimum absolute atomic E-state index is 0. The first-order valence-electron chi connectivity index (χ1n) is 8.85. The van der Waals surface area contributed by atoms with Gasteiger partial charge in [0.05, 0.1) is 16.4 Å². The van der Waals surface area contributed by atoms with Crippen LogP contribution >= 0.6 is 24.8 Å². The number of para-hydroxylation sites is 2. The molecule has 8 heteroatoms. The highest BCUT2D eigenvalue weighted by Crippen LogP contribution is 2.31. The number of aromatic amines is 1. The lowest BCUT2D eigenvalue weighted by Gasteiger charge is -2.34. The Morgan fingerprint density at radius 2 is 1.79 bits per heavy atom. The maximum absolute atomic E-state index is 12.7. The van der Waals surface area contributed by atoms with E-state index < -0.39 is 5.41 Å². The highest BCUT2D eigenvalue weighted by molar-refractivity contribution is 5.95. The zero-order valence-electron chi connectivity index (χ0n) is 15.3. The minimum atomic E-state index is -0.532. The number of hydrogen-bond donors (Lipinski definition) is 3. The maximum Gasteiger partial charge on any atom is 0.232 e. The first-order valence-corrected chi connectivity index (χ1v) is 8.85. The number of halogens is 2. The Hall–Kier alpha value is -2.12. The fourth-order valence-corrected chi connectivity index (χ4v) is 3.35. The lowest BCUT2D eigenvalue weighted by Crippen LogP contribution is -2.46. The zero-order valence-corrected chi connectivity index (χ0v) is 16.9. The van der Waals surface area contributed by atoms with Gasteiger partial charge >= 0.3 is 0 Å². The second kappa shape index (κ2) is 9.39. The highest BCUT2D eigenvalue weighted by Gasteiger charge is 2.38. The van der Waals surface area contributed by atoms with Crippen LogP contribution in [0, 0.1) is 5.41 Å². The van der Waals surface area contributed by atoms with Crippen LogP contribution in [-0.2, 0) is 9.53 Å². The summed E-state index contributed by atoms with van der Waals surface area (Å²) >= 11 is 0. The van der Waals surface area contributed by atoms with Crippen LogP contribution in [0.25, 0.3) is 22.4 Å². The molecule has 0 radical (unpaired) electrons. The molecule has 1 aliphatic heterocycles. The lowest BCUT2D eigenvalue weighted by atomic mass is 9.79. The summed E-state index contributed by atoms with van der Waals surface area (Å²) in [5, 5.41) is 3.00. The number of carbonyl (C=O) groups is 1. The molecule has 0 aliphatic carbocycles. The van der Waals surface area contributed by atoms with Gasteiger partial charge in [-0.2, -0.15) is 0 Å². The number of aromatic nitrogens is 2. The molecule has 0 spiro atoms. The van der Waals surface area contributed by atoms with E-state index in [9.17, 15) is 4.79 Å². The molecule has 4 N–H and O–H groups in total. The first kappa shape index (κ1) is 22.2. The predicted molar refractivity (Wildman–Crippen MR) is 116 cm³/mol. The van der Waals surface area contributed by atoms with Crippen LogP contribution in [0.1, 0.15) is 12.8 Å². The average molecular weight is 423 g/mol. The number of rotatable bonds is 4. The summed E-state index contributed by atoms with van der Waals surface area (Å²) in [6.07, 6.45) is 1.32. The Bertz CT molecular complexity index is 888. The number of nitrogens with zero attached hydrogens (tertiary/aromatic N) is 1. The summed E-state index contributed by atoms with van der Waals surface area (Å²) in [6.45, 7) is 1.49. The molecule has 3 aromatic rings. The van der Waals surface area contributed by atoms with Crippen molar-refractivity contribution in [2.75, 3.05) is 25.1 Å². The fourth-order valence-electron chi connectivity index (χ4n) is 3.35. The summed E-state index contributed by atoms with van der Waals surface area (Å²) in [6, 6.07) is 15.6. The smallest absolute Gasteiger partial charge is 0.232 e. The predicted octanol–water partition coefficient (Wildman–Crippen LogP) is 3.77. The van der Waals surface area contributed by atoms with Crippen molar-refractivity contribution < 1.29 is 9.53 Å². The Labute approximate surface area is 176 Å². The van der Waals surface area contributed by atoms with E-state index in [0.29, 0.717) is 32.6 Å². The number of anilines is 1. The summed E-state index contributed by atoms with van der Waals surface area (Å²) in [5.41, 5.74) is 9.04. The third kappa shape index (κ3) is 4.31. The number of fused-ring (bicyclic) bond motifs is 1. The van der Waals surface area contributed by atoms with Crippen LogP contribution in [0.5, 0.6) is 0 Å². The third-order valence-electron chi connectivity index (χ3n) is 5.13. The van der Waals surface area contributed by atoms with Crippen molar-refractivity contribution in [1.82, 2.24) is 9.97 Å². The molecule has 6 nitrogen and oxygen atoms in total. The Kier molecular flexibility index (Phi) is 7.43. The van der Waals surface area contributed by atoms with Crippen molar-refractivity contribution in [3.63, 3.8) is 0 Å². The molecule has 0 saturated carbocycles. The monoisotopic (exact) mass is 422 g/mol. The van der Waals surface area contributed by atoms with Crippen LogP contribution in [-0.4, -0.2) is 35.6 Å². The number of imidazole rings is 1. The number of amides is 1. The number of ether oxygens (including phenoxy) is 1. The largest absolute Gasteiger partial charge is 0.381 e. The lowest BCUT2D eigenvalue weighted by molar-refractivity contribution is -0.130. The van der Waals surface area contributed by atoms with Gasteiger partial charge in [-0.15, -0.1) is 24.8 Å². The molecule has 0 bridgehead atoms. The third-order valence-corrected chi connectivity index (χ3v) is 5.13. The Morgan fingerprint density at radius 1 is 1.11 bits per heavy atom. The molecule has 1 aromatic heterocycles. The molecule has 28 heavy (non-hydrogen) atoms. The van der Waals surface area contributed by atoms with Gasteiger partial charge in [0.2, 0.25) is 5.91 Å². The quantitative estimate of drug-likeness (QED) is 0.596. The van der Waals surface area contributed by atoms with E-state index in [0.717, 1.165) is 28.1 Å². The van der Waals surface area contributed by atoms with Crippen molar-refractivity contribution in [3.05, 3.63) is 48.5 Å². The molecular formula is C20H24Cl2N4O2. The van der Waals surface area contributed by atoms with Gasteiger partial charge in [0, 0.05) is 31.0 Å². The summed E-state index contributed by atoms with van der Waals surface area (Å²) in [5.74, 6) is 0.784. The van der Waals surface area contributed by atoms with Gasteiger partial charge in [-0.3, -0.25) is 4.79 Å². The van der Waals surface area contributed by atoms with Crippen LogP contribution in [0.2, 0.25) is 0 Å². The molecule has 1 fully saturated rings. The van der Waals surface area contributed by atoms with E-state index in [2.05, 4.69) is 15.3 Å². The van der Waals surface area contributed by atoms with E-state index in [-0.39, 0.29) is 30.7 Å². The molecule has 2 aromatic carbocycles. The van der Waals surface area contributed by atoms with Gasteiger partial charge < -0.3 is 20.8 Å². The number of nitrogens with one attached hydrogen (secondary N) is 2. The molecule has 0 unspecified atom stereocenters. The molecule has 150 valence electrons. The molecule has 1 aliphatic rings. The van der Waals surface area contributed by atoms with Gasteiger partial charge in [0.25, 0.3) is 0 Å². The standard InChI is InChI=1S/C20H22N4O2.2ClH/c21-13-20(9-11-26-12-10-20)19(25)22-15-7-5-14(6-8-15)18-23-16-3-1-2-4-17(16)24-18;;/h1-8H,9-13,21H2,(H,22,25)(H,23,24);2*1H. The van der Waals surface area contributed by atoms with Gasteiger partial charge in [-0.05, 0) is 49.2 Å². The Morgan fingerprint density at radius 3 is 2.43 bits per heavy atom. The second-order valence-electron chi connectivity index (χ2n) is 6.73. The average Bonchev–Trinajstić information content (AvgIpc) is 3.13. The normalized spacial score (nSPS) is 15.3. The second-order valence-corrected chi connectivity index (χ2v) is 6.73. The van der Waals surface area contributed by atoms with E-state index in [1.807, 2.05) is 48.5 Å². The van der Waals surface area contributed by atoms with Crippen LogP contribution in [0.4, 0.5) is 5.69 Å². The van der Waals surface area contributed by atoms with Crippen molar-refractivity contribution >= 4 is 47.4 Å². The zero-order chi connectivity index (χ0) is 18.0. The van der Waals surface area contributed by atoms with Gasteiger partial charge in [-0.25, -0.2) is 4.98 Å². The van der Waals surface area contributed by atoms with E-state index in [4.69, 9.17) is 10.5 Å². The fraction of sp³-hybridized carbons (Fsp3) is 0.300. The summed E-state index contributed by atoms with van der Waals surface area (Å²) < 4.78 is 5.37. The minimum Gasteiger partial charge on any atom is -0.381 e. The van der Waals surface area contributed by atoms with Crippen molar-refractivity contribution in [1.29, 1.82) is 0 Å². The van der Waals surface area contributed by atoms with Crippen molar-refractivity contribution in [2.45, 2.75) is 12.8 Å². The van der Waals surface area contributed by atoms with E-state index >= 15 is 0 Å². The highest BCUT2D eigenvalue weighted by atomic mass is 35.5. The molecule has 1 saturated heterocycles. The van der Waals surface area contributed by atoms with Crippen molar-refractivity contribution in [3.8, 4) is 11.4 Å². The topological polar surface area (TPSA) is 93.0 Å². The summed E-state index contributed by atoms with van der Waals surface area (Å²) in [4.78, 5) is 20.6. The van der Waals surface area contributed by atoms with Crippen LogP contribution < -0.4 is 11.1 Å². The summed E-state index contributed by atoms with van der Waals surface area (Å²) in [7, 11) is 0. The van der Waals surface area contributed by atoms with Gasteiger partial charge in [0.1, 0.15) is 5.82 Å². The maximum atomic E-state index is 12.7. The van der Waals surface area contributed by atoms with Crippen molar-refractivity contribution in [2.24, 2.45) is 11.1 Å². The first-order chi connectivity index (χ1) is 12.7. The molecular weight excluding hydrogens is 399 g/mol. The number of H-pyrrole nitrogens is 1. The van der Waals surface area contributed by atoms with Gasteiger partial charge in [-0.1, -0.05) is 12.1 Å². The molecule has 1 amide bonds. The van der Waals surface area contributed by atoms with Crippen LogP contribution in [0.15, 0.2) is 48.5 Å². The van der Waals surface area contributed by atoms with E-state index in [1.165, 1.54) is 0 Å². The molecule has 2 heterocycles. The van der Waals surface area contributed by atoms with Crippen LogP contribution in [0.3, 0.4) is 0 Å². The number of nitrogens with two attached hydrogens (primary N) is 1. The van der Waals surface area contributed by atoms with Gasteiger partial charge in [0.15, 0.2) is 0 Å². The Balaban J connectivity index is 0.00000140. The SMILES string of the molecule is Cl.Cl.NCC1(C(=O)Nc2ccc(-c3nc4ccccc4[nH]3)cc2)CCOCC1.